The topological polar surface area (TPSA) is 90.7 Å². The number of thiophene rings is 1. The number of hydrogen-bond donors (Lipinski definition) is 1. The fourth-order valence-corrected chi connectivity index (χ4v) is 3.36. The number of carbonyl (C=O) groups excluding carboxylic acids is 1. The number of carbonyl (C=O) groups is 1. The molecule has 2 aromatic carbocycles. The van der Waals surface area contributed by atoms with Crippen LogP contribution in [0.15, 0.2) is 42.5 Å². The van der Waals surface area contributed by atoms with Crippen LogP contribution in [-0.2, 0) is 0 Å². The maximum atomic E-state index is 12.4. The van der Waals surface area contributed by atoms with Crippen molar-refractivity contribution in [3.8, 4) is 11.5 Å². The summed E-state index contributed by atoms with van der Waals surface area (Å²) in [5.74, 6) is 0.944. The van der Waals surface area contributed by atoms with Crippen molar-refractivity contribution in [2.45, 2.75) is 0 Å². The average Bonchev–Trinajstić information content (AvgIpc) is 3.19. The minimum absolute atomic E-state index is 0.00280. The van der Waals surface area contributed by atoms with Gasteiger partial charge in [-0.2, -0.15) is 0 Å². The lowest BCUT2D eigenvalue weighted by molar-refractivity contribution is -0.384. The smallest absolute Gasteiger partial charge is 0.270 e. The van der Waals surface area contributed by atoms with E-state index in [1.54, 1.807) is 30.3 Å². The molecular formula is C16H10N2O5S. The molecule has 1 amide bonds. The number of nitro groups is 1. The predicted molar refractivity (Wildman–Crippen MR) is 89.0 cm³/mol. The second-order valence-corrected chi connectivity index (χ2v) is 6.20. The molecule has 0 fully saturated rings. The molecule has 24 heavy (non-hydrogen) atoms. The second-order valence-electron chi connectivity index (χ2n) is 5.11. The molecule has 8 heteroatoms. The molecule has 1 N–H and O–H groups in total. The molecule has 7 nitrogen and oxygen atoms in total. The molecule has 1 aliphatic heterocycles. The molecule has 0 radical (unpaired) electrons. The summed E-state index contributed by atoms with van der Waals surface area (Å²) in [5.41, 5.74) is 0.593. The van der Waals surface area contributed by atoms with E-state index in [1.807, 2.05) is 0 Å². The minimum Gasteiger partial charge on any atom is -0.454 e. The lowest BCUT2D eigenvalue weighted by Crippen LogP contribution is -2.09. The van der Waals surface area contributed by atoms with Crippen molar-refractivity contribution < 1.29 is 19.2 Å². The first-order valence-electron chi connectivity index (χ1n) is 6.99. The Balaban J connectivity index is 1.60. The molecule has 0 unspecified atom stereocenters. The highest BCUT2D eigenvalue weighted by atomic mass is 32.1. The van der Waals surface area contributed by atoms with Crippen molar-refractivity contribution in [2.24, 2.45) is 0 Å². The zero-order chi connectivity index (χ0) is 16.7. The molecule has 4 rings (SSSR count). The Bertz CT molecular complexity index is 982. The molecule has 0 atom stereocenters. The van der Waals surface area contributed by atoms with Crippen LogP contribution in [0.2, 0.25) is 0 Å². The molecule has 3 aromatic rings. The van der Waals surface area contributed by atoms with Crippen molar-refractivity contribution in [3.05, 3.63) is 57.5 Å². The van der Waals surface area contributed by atoms with E-state index in [0.29, 0.717) is 27.4 Å². The Morgan fingerprint density at radius 2 is 1.96 bits per heavy atom. The van der Waals surface area contributed by atoms with Gasteiger partial charge in [0, 0.05) is 34.0 Å². The molecule has 0 aliphatic carbocycles. The van der Waals surface area contributed by atoms with E-state index in [9.17, 15) is 14.9 Å². The number of anilines is 1. The predicted octanol–water partition coefficient (Wildman–Crippen LogP) is 3.79. The number of benzene rings is 2. The van der Waals surface area contributed by atoms with Gasteiger partial charge in [0.1, 0.15) is 0 Å². The molecule has 0 saturated heterocycles. The molecule has 1 aliphatic rings. The fourth-order valence-electron chi connectivity index (χ4n) is 2.42. The highest BCUT2D eigenvalue weighted by molar-refractivity contribution is 7.20. The first-order valence-corrected chi connectivity index (χ1v) is 7.81. The van der Waals surface area contributed by atoms with Gasteiger partial charge in [-0.1, -0.05) is 0 Å². The van der Waals surface area contributed by atoms with Crippen LogP contribution in [-0.4, -0.2) is 17.6 Å². The van der Waals surface area contributed by atoms with Crippen molar-refractivity contribution in [1.82, 2.24) is 0 Å². The fraction of sp³-hybridized carbons (Fsp3) is 0.0625. The average molecular weight is 342 g/mol. The third kappa shape index (κ3) is 2.52. The zero-order valence-electron chi connectivity index (χ0n) is 12.1. The highest BCUT2D eigenvalue weighted by Crippen LogP contribution is 2.35. The number of non-ortho nitro benzene ring substituents is 1. The van der Waals surface area contributed by atoms with Gasteiger partial charge in [-0.25, -0.2) is 0 Å². The monoisotopic (exact) mass is 342 g/mol. The summed E-state index contributed by atoms with van der Waals surface area (Å²) in [6.07, 6.45) is 0. The van der Waals surface area contributed by atoms with Crippen molar-refractivity contribution in [2.75, 3.05) is 12.1 Å². The molecule has 0 saturated carbocycles. The third-order valence-electron chi connectivity index (χ3n) is 3.56. The van der Waals surface area contributed by atoms with E-state index < -0.39 is 4.92 Å². The zero-order valence-corrected chi connectivity index (χ0v) is 13.0. The SMILES string of the molecule is O=C(Nc1ccc2c(c1)OCO2)c1cc2cc([N+](=O)[O-])ccc2s1. The van der Waals surface area contributed by atoms with Gasteiger partial charge in [-0.15, -0.1) is 11.3 Å². The second kappa shape index (κ2) is 5.50. The molecule has 2 heterocycles. The normalized spacial score (nSPS) is 12.3. The van der Waals surface area contributed by atoms with Gasteiger partial charge in [0.25, 0.3) is 11.6 Å². The number of nitrogens with zero attached hydrogens (tertiary/aromatic N) is 1. The first-order chi connectivity index (χ1) is 11.6. The molecule has 120 valence electrons. The number of rotatable bonds is 3. The van der Waals surface area contributed by atoms with E-state index in [0.717, 1.165) is 4.70 Å². The Morgan fingerprint density at radius 3 is 2.79 bits per heavy atom. The number of hydrogen-bond acceptors (Lipinski definition) is 6. The number of fused-ring (bicyclic) bond motifs is 2. The maximum Gasteiger partial charge on any atom is 0.270 e. The molecule has 0 bridgehead atoms. The maximum absolute atomic E-state index is 12.4. The van der Waals surface area contributed by atoms with E-state index >= 15 is 0 Å². The van der Waals surface area contributed by atoms with Crippen LogP contribution < -0.4 is 14.8 Å². The Labute approximate surface area is 139 Å². The highest BCUT2D eigenvalue weighted by Gasteiger charge is 2.16. The van der Waals surface area contributed by atoms with Gasteiger partial charge >= 0.3 is 0 Å². The standard InChI is InChI=1S/C16H10N2O5S/c19-16(17-10-1-3-12-13(7-10)23-8-22-12)15-6-9-5-11(18(20)21)2-4-14(9)24-15/h1-7H,8H2,(H,17,19). The Morgan fingerprint density at radius 1 is 1.12 bits per heavy atom. The number of ether oxygens (including phenoxy) is 2. The lowest BCUT2D eigenvalue weighted by Gasteiger charge is -2.04. The van der Waals surface area contributed by atoms with Crippen LogP contribution in [0, 0.1) is 10.1 Å². The van der Waals surface area contributed by atoms with E-state index in [1.165, 1.54) is 23.5 Å². The van der Waals surface area contributed by atoms with Gasteiger partial charge in [0.05, 0.1) is 9.80 Å². The van der Waals surface area contributed by atoms with Gasteiger partial charge in [-0.3, -0.25) is 14.9 Å². The quantitative estimate of drug-likeness (QED) is 0.577. The molecule has 0 spiro atoms. The lowest BCUT2D eigenvalue weighted by atomic mass is 10.2. The van der Waals surface area contributed by atoms with Crippen LogP contribution in [0.25, 0.3) is 10.1 Å². The van der Waals surface area contributed by atoms with Crippen molar-refractivity contribution in [1.29, 1.82) is 0 Å². The van der Waals surface area contributed by atoms with Gasteiger partial charge in [0.15, 0.2) is 11.5 Å². The summed E-state index contributed by atoms with van der Waals surface area (Å²) in [4.78, 5) is 23.2. The summed E-state index contributed by atoms with van der Waals surface area (Å²) < 4.78 is 11.3. The summed E-state index contributed by atoms with van der Waals surface area (Å²) in [6.45, 7) is 0.168. The Kier molecular flexibility index (Phi) is 3.31. The van der Waals surface area contributed by atoms with Gasteiger partial charge in [0.2, 0.25) is 6.79 Å². The molecular weight excluding hydrogens is 332 g/mol. The number of nitro benzene ring substituents is 1. The van der Waals surface area contributed by atoms with E-state index in [4.69, 9.17) is 9.47 Å². The summed E-state index contributed by atoms with van der Waals surface area (Å²) in [5, 5.41) is 14.3. The minimum atomic E-state index is -0.455. The number of nitrogens with one attached hydrogen (secondary N) is 1. The largest absolute Gasteiger partial charge is 0.454 e. The van der Waals surface area contributed by atoms with Gasteiger partial charge < -0.3 is 14.8 Å². The van der Waals surface area contributed by atoms with Crippen LogP contribution in [0.1, 0.15) is 9.67 Å². The van der Waals surface area contributed by atoms with Crippen LogP contribution in [0.3, 0.4) is 0 Å². The summed E-state index contributed by atoms with van der Waals surface area (Å²) in [7, 11) is 0. The third-order valence-corrected chi connectivity index (χ3v) is 4.68. The first kappa shape index (κ1) is 14.5. The van der Waals surface area contributed by atoms with E-state index in [-0.39, 0.29) is 18.4 Å². The van der Waals surface area contributed by atoms with Crippen LogP contribution in [0.5, 0.6) is 11.5 Å². The van der Waals surface area contributed by atoms with Crippen molar-refractivity contribution >= 4 is 38.7 Å². The molecule has 1 aromatic heterocycles. The summed E-state index contributed by atoms with van der Waals surface area (Å²) >= 11 is 1.28. The van der Waals surface area contributed by atoms with Gasteiger partial charge in [-0.05, 0) is 24.3 Å². The number of amides is 1. The summed E-state index contributed by atoms with van der Waals surface area (Å²) in [6, 6.07) is 11.3. The van der Waals surface area contributed by atoms with Crippen LogP contribution in [0.4, 0.5) is 11.4 Å². The van der Waals surface area contributed by atoms with Crippen molar-refractivity contribution in [3.63, 3.8) is 0 Å². The Hall–Kier alpha value is -3.13. The van der Waals surface area contributed by atoms with Crippen LogP contribution >= 0.6 is 11.3 Å². The van der Waals surface area contributed by atoms with E-state index in [2.05, 4.69) is 5.32 Å².